The van der Waals surface area contributed by atoms with Crippen LogP contribution in [-0.2, 0) is 12.1 Å². The highest BCUT2D eigenvalue weighted by Gasteiger charge is 2.20. The van der Waals surface area contributed by atoms with Crippen LogP contribution in [0.5, 0.6) is 0 Å². The van der Waals surface area contributed by atoms with Gasteiger partial charge in [-0.3, -0.25) is 4.68 Å². The molecule has 28 heavy (non-hydrogen) atoms. The number of hydrogen-bond acceptors (Lipinski definition) is 7. The molecule has 0 saturated carbocycles. The van der Waals surface area contributed by atoms with Gasteiger partial charge in [-0.15, -0.1) is 5.10 Å². The summed E-state index contributed by atoms with van der Waals surface area (Å²) in [7, 11) is 0. The summed E-state index contributed by atoms with van der Waals surface area (Å²) in [4.78, 5) is 8.19. The number of aliphatic hydroxyl groups excluding tert-OH is 1. The lowest BCUT2D eigenvalue weighted by molar-refractivity contribution is 0.151. The fraction of sp³-hybridized carbons (Fsp3) is 0.278. The van der Waals surface area contributed by atoms with Gasteiger partial charge in [-0.2, -0.15) is 5.10 Å². The van der Waals surface area contributed by atoms with Crippen LogP contribution in [0.3, 0.4) is 0 Å². The summed E-state index contributed by atoms with van der Waals surface area (Å²) in [6, 6.07) is 6.47. The van der Waals surface area contributed by atoms with Crippen LogP contribution in [0.15, 0.2) is 36.7 Å². The van der Waals surface area contributed by atoms with Crippen LogP contribution >= 0.6 is 0 Å². The van der Waals surface area contributed by atoms with Gasteiger partial charge >= 0.3 is 0 Å². The molecule has 9 nitrogen and oxygen atoms in total. The van der Waals surface area contributed by atoms with Crippen LogP contribution in [0.1, 0.15) is 19.5 Å². The van der Waals surface area contributed by atoms with Gasteiger partial charge in [0.15, 0.2) is 0 Å². The third-order valence-electron chi connectivity index (χ3n) is 4.45. The zero-order valence-electron chi connectivity index (χ0n) is 15.4. The first-order chi connectivity index (χ1) is 13.4. The Morgan fingerprint density at radius 3 is 2.82 bits per heavy atom. The number of aliphatic hydroxyl groups is 1. The predicted octanol–water partition coefficient (Wildman–Crippen LogP) is 1.58. The van der Waals surface area contributed by atoms with Crippen LogP contribution in [0.4, 0.5) is 10.3 Å². The number of aromatic nitrogens is 7. The highest BCUT2D eigenvalue weighted by atomic mass is 19.1. The molecule has 0 aliphatic carbocycles. The van der Waals surface area contributed by atoms with Crippen molar-refractivity contribution >= 4 is 16.9 Å². The SMILES string of the molecule is CC(C)(CO)n1ccc(Cn2cc(-c3nc(N)nc4c(F)cccc34)nn2)n1. The van der Waals surface area contributed by atoms with Crippen molar-refractivity contribution < 1.29 is 9.50 Å². The Balaban J connectivity index is 1.66. The van der Waals surface area contributed by atoms with E-state index in [1.165, 1.54) is 6.07 Å². The fourth-order valence-corrected chi connectivity index (χ4v) is 2.84. The Labute approximate surface area is 159 Å². The molecule has 0 spiro atoms. The average molecular weight is 382 g/mol. The minimum absolute atomic E-state index is 0.0274. The summed E-state index contributed by atoms with van der Waals surface area (Å²) in [6.07, 6.45) is 3.51. The second kappa shape index (κ2) is 6.64. The Morgan fingerprint density at radius 1 is 1.21 bits per heavy atom. The van der Waals surface area contributed by atoms with Crippen LogP contribution < -0.4 is 5.73 Å². The third-order valence-corrected chi connectivity index (χ3v) is 4.45. The molecule has 0 aliphatic rings. The highest BCUT2D eigenvalue weighted by molar-refractivity contribution is 5.92. The number of benzene rings is 1. The number of nitrogen functional groups attached to an aromatic ring is 1. The topological polar surface area (TPSA) is 121 Å². The van der Waals surface area contributed by atoms with E-state index in [4.69, 9.17) is 5.73 Å². The van der Waals surface area contributed by atoms with E-state index >= 15 is 0 Å². The standard InChI is InChI=1S/C18H19FN8O/c1-18(2,10-28)27-7-6-11(24-27)8-26-9-14(23-25-26)16-12-4-3-5-13(19)15(12)21-17(20)22-16/h3-7,9,28H,8,10H2,1-2H3,(H2,20,21,22). The highest BCUT2D eigenvalue weighted by Crippen LogP contribution is 2.26. The predicted molar refractivity (Wildman–Crippen MR) is 101 cm³/mol. The van der Waals surface area contributed by atoms with Gasteiger partial charge < -0.3 is 10.8 Å². The van der Waals surface area contributed by atoms with E-state index in [0.29, 0.717) is 23.3 Å². The number of hydrogen-bond donors (Lipinski definition) is 2. The second-order valence-corrected chi connectivity index (χ2v) is 7.09. The van der Waals surface area contributed by atoms with Crippen LogP contribution in [-0.4, -0.2) is 46.5 Å². The minimum atomic E-state index is -0.493. The number of nitrogens with zero attached hydrogens (tertiary/aromatic N) is 7. The Bertz CT molecular complexity index is 1150. The summed E-state index contributed by atoms with van der Waals surface area (Å²) >= 11 is 0. The maximum absolute atomic E-state index is 14.1. The second-order valence-electron chi connectivity index (χ2n) is 7.09. The first-order valence-electron chi connectivity index (χ1n) is 8.65. The molecule has 4 aromatic rings. The first kappa shape index (κ1) is 18.0. The summed E-state index contributed by atoms with van der Waals surface area (Å²) < 4.78 is 17.4. The third kappa shape index (κ3) is 3.18. The minimum Gasteiger partial charge on any atom is -0.394 e. The molecule has 144 valence electrons. The molecule has 0 saturated heterocycles. The van der Waals surface area contributed by atoms with Gasteiger partial charge in [-0.1, -0.05) is 17.3 Å². The van der Waals surface area contributed by atoms with Crippen LogP contribution in [0, 0.1) is 5.82 Å². The van der Waals surface area contributed by atoms with Gasteiger partial charge in [-0.25, -0.2) is 19.0 Å². The van der Waals surface area contributed by atoms with E-state index in [0.717, 1.165) is 5.69 Å². The van der Waals surface area contributed by atoms with Crippen LogP contribution in [0.25, 0.3) is 22.3 Å². The van der Waals surface area contributed by atoms with Gasteiger partial charge in [0.1, 0.15) is 22.7 Å². The molecule has 3 heterocycles. The van der Waals surface area contributed by atoms with Crippen molar-refractivity contribution in [2.75, 3.05) is 12.3 Å². The van der Waals surface area contributed by atoms with Crippen molar-refractivity contribution in [2.24, 2.45) is 0 Å². The zero-order chi connectivity index (χ0) is 19.9. The largest absolute Gasteiger partial charge is 0.394 e. The van der Waals surface area contributed by atoms with E-state index in [2.05, 4.69) is 25.4 Å². The molecule has 0 unspecified atom stereocenters. The quantitative estimate of drug-likeness (QED) is 0.537. The lowest BCUT2D eigenvalue weighted by atomic mass is 10.1. The fourth-order valence-electron chi connectivity index (χ4n) is 2.84. The van der Waals surface area contributed by atoms with Gasteiger partial charge in [0.2, 0.25) is 5.95 Å². The maximum atomic E-state index is 14.1. The number of rotatable bonds is 5. The average Bonchev–Trinajstić information content (AvgIpc) is 3.32. The van der Waals surface area contributed by atoms with Crippen molar-refractivity contribution in [3.63, 3.8) is 0 Å². The van der Waals surface area contributed by atoms with E-state index in [-0.39, 0.29) is 18.1 Å². The van der Waals surface area contributed by atoms with Gasteiger partial charge in [0.05, 0.1) is 30.6 Å². The maximum Gasteiger partial charge on any atom is 0.221 e. The van der Waals surface area contributed by atoms with Crippen LogP contribution in [0.2, 0.25) is 0 Å². The summed E-state index contributed by atoms with van der Waals surface area (Å²) in [5.41, 5.74) is 7.03. The normalized spacial score (nSPS) is 12.0. The van der Waals surface area contributed by atoms with Crippen molar-refractivity contribution in [2.45, 2.75) is 25.9 Å². The molecule has 0 atom stereocenters. The Kier molecular flexibility index (Phi) is 4.27. The number of halogens is 1. The molecule has 0 fully saturated rings. The van der Waals surface area contributed by atoms with Gasteiger partial charge in [-0.05, 0) is 26.0 Å². The smallest absolute Gasteiger partial charge is 0.221 e. The molecule has 3 N–H and O–H groups in total. The molecule has 0 bridgehead atoms. The lowest BCUT2D eigenvalue weighted by Gasteiger charge is -2.22. The van der Waals surface area contributed by atoms with E-state index < -0.39 is 11.4 Å². The summed E-state index contributed by atoms with van der Waals surface area (Å²) in [5, 5.41) is 22.7. The Morgan fingerprint density at radius 2 is 2.04 bits per heavy atom. The number of nitrogens with two attached hydrogens (primary N) is 1. The Hall–Kier alpha value is -3.40. The van der Waals surface area contributed by atoms with Crippen molar-refractivity contribution in [1.29, 1.82) is 0 Å². The molecular weight excluding hydrogens is 363 g/mol. The molecule has 4 rings (SSSR count). The molecule has 0 radical (unpaired) electrons. The van der Waals surface area contributed by atoms with Crippen molar-refractivity contribution in [1.82, 2.24) is 34.7 Å². The van der Waals surface area contributed by atoms with Crippen molar-refractivity contribution in [3.05, 3.63) is 48.2 Å². The molecule has 10 heteroatoms. The van der Waals surface area contributed by atoms with Gasteiger partial charge in [0, 0.05) is 11.6 Å². The van der Waals surface area contributed by atoms with E-state index in [1.54, 1.807) is 27.7 Å². The first-order valence-corrected chi connectivity index (χ1v) is 8.65. The molecule has 1 aromatic carbocycles. The molecule has 3 aromatic heterocycles. The van der Waals surface area contributed by atoms with Crippen molar-refractivity contribution in [3.8, 4) is 11.4 Å². The molecule has 0 aliphatic heterocycles. The monoisotopic (exact) mass is 382 g/mol. The number of para-hydroxylation sites is 1. The zero-order valence-corrected chi connectivity index (χ0v) is 15.4. The van der Waals surface area contributed by atoms with Gasteiger partial charge in [0.25, 0.3) is 0 Å². The van der Waals surface area contributed by atoms with E-state index in [1.807, 2.05) is 26.1 Å². The summed E-state index contributed by atoms with van der Waals surface area (Å²) in [6.45, 7) is 4.14. The summed E-state index contributed by atoms with van der Waals surface area (Å²) in [5.74, 6) is -0.510. The lowest BCUT2D eigenvalue weighted by Crippen LogP contribution is -2.31. The molecule has 0 amide bonds. The molecular formula is C18H19FN8O. The number of fused-ring (bicyclic) bond motifs is 1. The van der Waals surface area contributed by atoms with E-state index in [9.17, 15) is 9.50 Å². The number of anilines is 1.